The van der Waals surface area contributed by atoms with Gasteiger partial charge in [0.25, 0.3) is 0 Å². The number of carbonyl (C=O) groups excluding carboxylic acids is 1. The Bertz CT molecular complexity index is 719. The van der Waals surface area contributed by atoms with Gasteiger partial charge in [0.1, 0.15) is 12.1 Å². The molecule has 2 aromatic rings. The zero-order valence-electron chi connectivity index (χ0n) is 14.4. The summed E-state index contributed by atoms with van der Waals surface area (Å²) in [6.45, 7) is 1.83. The zero-order chi connectivity index (χ0) is 17.1. The maximum atomic E-state index is 12.2. The highest BCUT2D eigenvalue weighted by molar-refractivity contribution is 7.17. The molecule has 0 radical (unpaired) electrons. The van der Waals surface area contributed by atoms with Gasteiger partial charge in [0.2, 0.25) is 0 Å². The molecule has 4 rings (SSSR count). The number of carbonyl (C=O) groups is 1. The molecule has 0 bridgehead atoms. The fourth-order valence-electron chi connectivity index (χ4n) is 3.90. The Kier molecular flexibility index (Phi) is 5.01. The van der Waals surface area contributed by atoms with Gasteiger partial charge in [-0.05, 0) is 37.1 Å². The maximum absolute atomic E-state index is 12.2. The molecule has 0 atom stereocenters. The molecule has 134 valence electrons. The Balaban J connectivity index is 1.29. The first-order chi connectivity index (χ1) is 12.3. The van der Waals surface area contributed by atoms with Crippen molar-refractivity contribution in [2.24, 2.45) is 0 Å². The molecule has 1 aliphatic heterocycles. The summed E-state index contributed by atoms with van der Waals surface area (Å²) in [5.41, 5.74) is 1.02. The maximum Gasteiger partial charge on any atom is 0.315 e. The highest BCUT2D eigenvalue weighted by atomic mass is 32.1. The van der Waals surface area contributed by atoms with Gasteiger partial charge in [0, 0.05) is 25.2 Å². The predicted octanol–water partition coefficient (Wildman–Crippen LogP) is 3.29. The van der Waals surface area contributed by atoms with Gasteiger partial charge in [-0.1, -0.05) is 19.3 Å². The van der Waals surface area contributed by atoms with Gasteiger partial charge in [-0.15, -0.1) is 11.3 Å². The molecule has 1 aliphatic carbocycles. The molecule has 2 fully saturated rings. The summed E-state index contributed by atoms with van der Waals surface area (Å²) in [5.74, 6) is 1.03. The first-order valence-electron chi connectivity index (χ1n) is 9.30. The Morgan fingerprint density at radius 1 is 1.04 bits per heavy atom. The second-order valence-corrected chi connectivity index (χ2v) is 7.96. The number of aromatic nitrogens is 2. The van der Waals surface area contributed by atoms with E-state index >= 15 is 0 Å². The highest BCUT2D eigenvalue weighted by Crippen LogP contribution is 2.29. The number of nitrogens with one attached hydrogen (secondary N) is 2. The summed E-state index contributed by atoms with van der Waals surface area (Å²) >= 11 is 1.69. The van der Waals surface area contributed by atoms with Crippen LogP contribution >= 0.6 is 11.3 Å². The van der Waals surface area contributed by atoms with E-state index in [2.05, 4.69) is 30.9 Å². The lowest BCUT2D eigenvalue weighted by atomic mass is 9.96. The monoisotopic (exact) mass is 359 g/mol. The number of nitrogens with zero attached hydrogens (tertiary/aromatic N) is 3. The Hall–Kier alpha value is -1.89. The van der Waals surface area contributed by atoms with Crippen molar-refractivity contribution in [3.8, 4) is 0 Å². The highest BCUT2D eigenvalue weighted by Gasteiger charge is 2.24. The van der Waals surface area contributed by atoms with Crippen LogP contribution in [0.5, 0.6) is 0 Å². The van der Waals surface area contributed by atoms with E-state index in [1.54, 1.807) is 17.7 Å². The van der Waals surface area contributed by atoms with Crippen molar-refractivity contribution < 1.29 is 4.79 Å². The average Bonchev–Trinajstić information content (AvgIpc) is 3.12. The molecule has 0 spiro atoms. The van der Waals surface area contributed by atoms with Crippen LogP contribution in [0.2, 0.25) is 0 Å². The van der Waals surface area contributed by atoms with Crippen LogP contribution < -0.4 is 15.5 Å². The molecule has 7 heteroatoms. The van der Waals surface area contributed by atoms with Gasteiger partial charge in [0.15, 0.2) is 0 Å². The second-order valence-electron chi connectivity index (χ2n) is 7.05. The number of hydrogen-bond donors (Lipinski definition) is 2. The molecule has 2 aliphatic rings. The molecule has 0 unspecified atom stereocenters. The van der Waals surface area contributed by atoms with Crippen molar-refractivity contribution in [2.75, 3.05) is 18.0 Å². The summed E-state index contributed by atoms with van der Waals surface area (Å²) in [6.07, 6.45) is 9.57. The van der Waals surface area contributed by atoms with Crippen LogP contribution in [-0.4, -0.2) is 41.2 Å². The van der Waals surface area contributed by atoms with Crippen molar-refractivity contribution >= 4 is 33.4 Å². The van der Waals surface area contributed by atoms with Gasteiger partial charge < -0.3 is 15.5 Å². The van der Waals surface area contributed by atoms with Crippen molar-refractivity contribution in [3.63, 3.8) is 0 Å². The molecular weight excluding hydrogens is 334 g/mol. The number of urea groups is 1. The van der Waals surface area contributed by atoms with E-state index in [4.69, 9.17) is 0 Å². The number of thiophene rings is 1. The summed E-state index contributed by atoms with van der Waals surface area (Å²) in [7, 11) is 0. The van der Waals surface area contributed by atoms with Crippen molar-refractivity contribution in [1.82, 2.24) is 20.6 Å². The molecular formula is C18H25N5OS. The number of piperidine rings is 1. The Morgan fingerprint density at radius 2 is 1.76 bits per heavy atom. The van der Waals surface area contributed by atoms with Gasteiger partial charge in [-0.3, -0.25) is 0 Å². The van der Waals surface area contributed by atoms with Gasteiger partial charge in [-0.2, -0.15) is 0 Å². The Labute approximate surface area is 152 Å². The van der Waals surface area contributed by atoms with Crippen LogP contribution in [0.25, 0.3) is 10.2 Å². The van der Waals surface area contributed by atoms with Gasteiger partial charge in [-0.25, -0.2) is 14.8 Å². The number of rotatable bonds is 3. The minimum atomic E-state index is 0.00744. The zero-order valence-corrected chi connectivity index (χ0v) is 15.2. The normalized spacial score (nSPS) is 19.9. The number of fused-ring (bicyclic) bond motifs is 1. The van der Waals surface area contributed by atoms with Crippen LogP contribution in [0, 0.1) is 0 Å². The quantitative estimate of drug-likeness (QED) is 0.882. The van der Waals surface area contributed by atoms with Crippen LogP contribution in [0.1, 0.15) is 44.9 Å². The van der Waals surface area contributed by atoms with E-state index in [1.165, 1.54) is 19.3 Å². The molecule has 1 saturated carbocycles. The number of amides is 2. The fourth-order valence-corrected chi connectivity index (χ4v) is 4.76. The topological polar surface area (TPSA) is 70.2 Å². The third-order valence-corrected chi connectivity index (χ3v) is 6.19. The lowest BCUT2D eigenvalue weighted by molar-refractivity contribution is 0.226. The SMILES string of the molecule is O=C(NC1CCCCC1)NC1CCN(c2ncnc3ccsc23)CC1. The summed E-state index contributed by atoms with van der Waals surface area (Å²) < 4.78 is 1.16. The average molecular weight is 359 g/mol. The van der Waals surface area contributed by atoms with Crippen molar-refractivity contribution in [1.29, 1.82) is 0 Å². The Morgan fingerprint density at radius 3 is 2.52 bits per heavy atom. The van der Waals surface area contributed by atoms with E-state index in [-0.39, 0.29) is 12.1 Å². The lowest BCUT2D eigenvalue weighted by Crippen LogP contribution is -2.50. The third-order valence-electron chi connectivity index (χ3n) is 5.29. The lowest BCUT2D eigenvalue weighted by Gasteiger charge is -2.33. The summed E-state index contributed by atoms with van der Waals surface area (Å²) in [6, 6.07) is 2.66. The molecule has 2 aromatic heterocycles. The molecule has 1 saturated heterocycles. The summed E-state index contributed by atoms with van der Waals surface area (Å²) in [5, 5.41) is 8.37. The van der Waals surface area contributed by atoms with E-state index in [9.17, 15) is 4.79 Å². The van der Waals surface area contributed by atoms with Crippen molar-refractivity contribution in [3.05, 3.63) is 17.8 Å². The number of hydrogen-bond acceptors (Lipinski definition) is 5. The standard InChI is InChI=1S/C18H25N5OS/c24-18(21-13-4-2-1-3-5-13)22-14-6-9-23(10-7-14)17-16-15(8-11-25-16)19-12-20-17/h8,11-14H,1-7,9-10H2,(H2,21,22,24). The fraction of sp³-hybridized carbons (Fsp3) is 0.611. The van der Waals surface area contributed by atoms with Gasteiger partial charge in [0.05, 0.1) is 10.2 Å². The van der Waals surface area contributed by atoms with Crippen LogP contribution in [0.15, 0.2) is 17.8 Å². The third kappa shape index (κ3) is 3.86. The van der Waals surface area contributed by atoms with E-state index < -0.39 is 0 Å². The first kappa shape index (κ1) is 16.6. The van der Waals surface area contributed by atoms with Crippen LogP contribution in [0.4, 0.5) is 10.6 Å². The van der Waals surface area contributed by atoms with E-state index in [0.29, 0.717) is 6.04 Å². The first-order valence-corrected chi connectivity index (χ1v) is 10.2. The minimum Gasteiger partial charge on any atom is -0.355 e. The molecule has 2 amide bonds. The number of anilines is 1. The summed E-state index contributed by atoms with van der Waals surface area (Å²) in [4.78, 5) is 23.3. The second kappa shape index (κ2) is 7.56. The van der Waals surface area contributed by atoms with E-state index in [1.807, 2.05) is 6.07 Å². The molecule has 2 N–H and O–H groups in total. The largest absolute Gasteiger partial charge is 0.355 e. The molecule has 25 heavy (non-hydrogen) atoms. The van der Waals surface area contributed by atoms with E-state index in [0.717, 1.165) is 54.8 Å². The van der Waals surface area contributed by atoms with Crippen LogP contribution in [0.3, 0.4) is 0 Å². The predicted molar refractivity (Wildman–Crippen MR) is 101 cm³/mol. The molecule has 0 aromatic carbocycles. The minimum absolute atomic E-state index is 0.00744. The molecule has 3 heterocycles. The van der Waals surface area contributed by atoms with Crippen molar-refractivity contribution in [2.45, 2.75) is 57.0 Å². The smallest absolute Gasteiger partial charge is 0.315 e. The van der Waals surface area contributed by atoms with Crippen LogP contribution in [-0.2, 0) is 0 Å². The van der Waals surface area contributed by atoms with Gasteiger partial charge >= 0.3 is 6.03 Å². The molecule has 6 nitrogen and oxygen atoms in total.